The number of benzene rings is 3. The van der Waals surface area contributed by atoms with Crippen molar-refractivity contribution in [3.05, 3.63) is 63.2 Å². The normalized spacial score (nSPS) is 11.8. The maximum atomic E-state index is 12.7. The van der Waals surface area contributed by atoms with E-state index < -0.39 is 27.0 Å². The first-order chi connectivity index (χ1) is 13.7. The van der Waals surface area contributed by atoms with Gasteiger partial charge < -0.3 is 19.7 Å². The van der Waals surface area contributed by atoms with Crippen LogP contribution < -0.4 is 10.2 Å². The smallest absolute Gasteiger partial charge is 0.262 e. The first-order valence-corrected chi connectivity index (χ1v) is 10.4. The molecule has 0 saturated carbocycles. The largest absolute Gasteiger partial charge is 0.507 e. The number of phenols is 3. The molecular weight excluding hydrogens is 466 g/mol. The van der Waals surface area contributed by atoms with Gasteiger partial charge in [-0.3, -0.25) is 9.52 Å². The number of anilines is 1. The molecule has 148 valence electrons. The lowest BCUT2D eigenvalue weighted by molar-refractivity contribution is 0.409. The van der Waals surface area contributed by atoms with Crippen LogP contribution in [0.1, 0.15) is 0 Å². The zero-order valence-electron chi connectivity index (χ0n) is 14.4. The van der Waals surface area contributed by atoms with Crippen molar-refractivity contribution in [1.29, 1.82) is 0 Å². The molecule has 0 fully saturated rings. The lowest BCUT2D eigenvalue weighted by Gasteiger charge is -2.12. The van der Waals surface area contributed by atoms with Crippen molar-refractivity contribution in [3.63, 3.8) is 0 Å². The Hall–Kier alpha value is -3.24. The van der Waals surface area contributed by atoms with Gasteiger partial charge in [0.15, 0.2) is 11.5 Å². The average molecular weight is 478 g/mol. The zero-order valence-corrected chi connectivity index (χ0v) is 16.8. The van der Waals surface area contributed by atoms with E-state index >= 15 is 0 Å². The van der Waals surface area contributed by atoms with E-state index in [0.29, 0.717) is 4.47 Å². The number of hydrogen-bond donors (Lipinski definition) is 4. The maximum Gasteiger partial charge on any atom is 0.262 e. The molecule has 0 spiro atoms. The molecule has 10 heteroatoms. The van der Waals surface area contributed by atoms with Gasteiger partial charge in [-0.05, 0) is 36.4 Å². The first kappa shape index (κ1) is 19.1. The van der Waals surface area contributed by atoms with Gasteiger partial charge in [0, 0.05) is 10.5 Å². The summed E-state index contributed by atoms with van der Waals surface area (Å²) in [7, 11) is -4.10. The summed E-state index contributed by atoms with van der Waals surface area (Å²) >= 11 is 3.21. The molecule has 4 aromatic rings. The Labute approximate surface area is 171 Å². The van der Waals surface area contributed by atoms with Gasteiger partial charge in [-0.25, -0.2) is 8.42 Å². The fraction of sp³-hybridized carbons (Fsp3) is 0. The topological polar surface area (TPSA) is 137 Å². The molecule has 0 aliphatic heterocycles. The SMILES string of the molecule is O=c1c2c(O)cccc2oc2cc(NS(=O)(=O)c3ccc(Br)cc3)c(O)c(O)c12. The highest BCUT2D eigenvalue weighted by molar-refractivity contribution is 9.10. The number of fused-ring (bicyclic) bond motifs is 2. The summed E-state index contributed by atoms with van der Waals surface area (Å²) in [6.07, 6.45) is 0. The van der Waals surface area contributed by atoms with Crippen molar-refractivity contribution in [2.24, 2.45) is 0 Å². The molecule has 4 rings (SSSR count). The van der Waals surface area contributed by atoms with Crippen molar-refractivity contribution in [3.8, 4) is 17.2 Å². The van der Waals surface area contributed by atoms with Crippen LogP contribution in [0.25, 0.3) is 21.9 Å². The fourth-order valence-electron chi connectivity index (χ4n) is 2.91. The number of rotatable bonds is 3. The molecule has 29 heavy (non-hydrogen) atoms. The molecule has 0 aliphatic carbocycles. The van der Waals surface area contributed by atoms with Gasteiger partial charge >= 0.3 is 0 Å². The molecule has 8 nitrogen and oxygen atoms in total. The molecule has 0 aliphatic rings. The summed E-state index contributed by atoms with van der Waals surface area (Å²) in [6.45, 7) is 0. The molecule has 3 aromatic carbocycles. The molecule has 1 heterocycles. The minimum atomic E-state index is -4.10. The molecular formula is C19H12BrNO7S. The van der Waals surface area contributed by atoms with Gasteiger partial charge in [0.05, 0.1) is 10.6 Å². The van der Waals surface area contributed by atoms with E-state index in [0.717, 1.165) is 6.07 Å². The van der Waals surface area contributed by atoms with Gasteiger partial charge in [-0.15, -0.1) is 0 Å². The van der Waals surface area contributed by atoms with Gasteiger partial charge in [0.2, 0.25) is 5.43 Å². The highest BCUT2D eigenvalue weighted by atomic mass is 79.9. The predicted octanol–water partition coefficient (Wildman–Crippen LogP) is 3.63. The summed E-state index contributed by atoms with van der Waals surface area (Å²) in [5, 5.41) is 30.0. The van der Waals surface area contributed by atoms with Crippen LogP contribution in [0.5, 0.6) is 17.2 Å². The monoisotopic (exact) mass is 477 g/mol. The van der Waals surface area contributed by atoms with E-state index in [-0.39, 0.29) is 38.3 Å². The minimum absolute atomic E-state index is 0.0364. The molecule has 0 radical (unpaired) electrons. The summed E-state index contributed by atoms with van der Waals surface area (Å²) < 4.78 is 33.6. The number of sulfonamides is 1. The average Bonchev–Trinajstić information content (AvgIpc) is 2.66. The van der Waals surface area contributed by atoms with Gasteiger partial charge in [0.1, 0.15) is 27.7 Å². The molecule has 1 aromatic heterocycles. The first-order valence-electron chi connectivity index (χ1n) is 8.11. The predicted molar refractivity (Wildman–Crippen MR) is 110 cm³/mol. The van der Waals surface area contributed by atoms with Crippen molar-refractivity contribution < 1.29 is 28.2 Å². The van der Waals surface area contributed by atoms with E-state index in [1.54, 1.807) is 0 Å². The third-order valence-electron chi connectivity index (χ3n) is 4.28. The van der Waals surface area contributed by atoms with Crippen LogP contribution in [0.4, 0.5) is 5.69 Å². The second-order valence-corrected chi connectivity index (χ2v) is 8.73. The Kier molecular flexibility index (Phi) is 4.39. The number of halogens is 1. The van der Waals surface area contributed by atoms with E-state index in [1.807, 2.05) is 0 Å². The summed E-state index contributed by atoms with van der Waals surface area (Å²) in [6, 6.07) is 11.0. The van der Waals surface area contributed by atoms with E-state index in [9.17, 15) is 28.5 Å². The molecule has 0 atom stereocenters. The standard InChI is InChI=1S/C19H12BrNO7S/c20-9-4-6-10(7-5-9)29(26,27)21-11-8-14-16(19(25)17(11)23)18(24)15-12(22)2-1-3-13(15)28-14/h1-8,21-23,25H. The van der Waals surface area contributed by atoms with Gasteiger partial charge in [-0.2, -0.15) is 0 Å². The fourth-order valence-corrected chi connectivity index (χ4v) is 4.23. The zero-order chi connectivity index (χ0) is 20.9. The van der Waals surface area contributed by atoms with E-state index in [4.69, 9.17) is 4.42 Å². The highest BCUT2D eigenvalue weighted by Crippen LogP contribution is 2.41. The Balaban J connectivity index is 1.93. The van der Waals surface area contributed by atoms with Crippen LogP contribution in [0.3, 0.4) is 0 Å². The third kappa shape index (κ3) is 3.15. The second kappa shape index (κ2) is 6.68. The lowest BCUT2D eigenvalue weighted by Crippen LogP contribution is -2.13. The van der Waals surface area contributed by atoms with Crippen LogP contribution in [0.15, 0.2) is 67.1 Å². The Morgan fingerprint density at radius 1 is 0.897 bits per heavy atom. The quantitative estimate of drug-likeness (QED) is 0.261. The number of aromatic hydroxyl groups is 3. The van der Waals surface area contributed by atoms with Crippen LogP contribution in [-0.4, -0.2) is 23.7 Å². The van der Waals surface area contributed by atoms with Crippen molar-refractivity contribution >= 4 is 53.6 Å². The van der Waals surface area contributed by atoms with Crippen LogP contribution in [-0.2, 0) is 10.0 Å². The van der Waals surface area contributed by atoms with Gasteiger partial charge in [-0.1, -0.05) is 22.0 Å². The summed E-state index contributed by atoms with van der Waals surface area (Å²) in [4.78, 5) is 12.6. The Morgan fingerprint density at radius 2 is 1.59 bits per heavy atom. The van der Waals surface area contributed by atoms with Crippen LogP contribution >= 0.6 is 15.9 Å². The van der Waals surface area contributed by atoms with Crippen LogP contribution in [0, 0.1) is 0 Å². The highest BCUT2D eigenvalue weighted by Gasteiger charge is 2.23. The maximum absolute atomic E-state index is 12.7. The van der Waals surface area contributed by atoms with E-state index in [1.165, 1.54) is 42.5 Å². The Morgan fingerprint density at radius 3 is 2.28 bits per heavy atom. The lowest BCUT2D eigenvalue weighted by atomic mass is 10.1. The summed E-state index contributed by atoms with van der Waals surface area (Å²) in [5.74, 6) is -2.06. The number of phenolic OH excluding ortho intramolecular Hbond substituents is 3. The van der Waals surface area contributed by atoms with Crippen molar-refractivity contribution in [1.82, 2.24) is 0 Å². The van der Waals surface area contributed by atoms with Crippen molar-refractivity contribution in [2.45, 2.75) is 4.90 Å². The van der Waals surface area contributed by atoms with Crippen molar-refractivity contribution in [2.75, 3.05) is 4.72 Å². The molecule has 0 bridgehead atoms. The minimum Gasteiger partial charge on any atom is -0.507 e. The molecule has 0 unspecified atom stereocenters. The molecule has 0 amide bonds. The Bertz CT molecular complexity index is 1440. The van der Waals surface area contributed by atoms with E-state index in [2.05, 4.69) is 20.7 Å². The second-order valence-electron chi connectivity index (χ2n) is 6.14. The number of hydrogen-bond acceptors (Lipinski definition) is 7. The molecule has 4 N–H and O–H groups in total. The summed E-state index contributed by atoms with van der Waals surface area (Å²) in [5.41, 5.74) is -1.28. The molecule has 0 saturated heterocycles. The van der Waals surface area contributed by atoms with Crippen LogP contribution in [0.2, 0.25) is 0 Å². The third-order valence-corrected chi connectivity index (χ3v) is 6.19. The van der Waals surface area contributed by atoms with Gasteiger partial charge in [0.25, 0.3) is 10.0 Å². The number of nitrogens with one attached hydrogen (secondary N) is 1.